The minimum Gasteiger partial charge on any atom is -0.460 e. The van der Waals surface area contributed by atoms with Crippen molar-refractivity contribution >= 4 is 34.6 Å². The largest absolute Gasteiger partial charge is 0.460 e. The van der Waals surface area contributed by atoms with Crippen LogP contribution in [0.15, 0.2) is 89.9 Å². The van der Waals surface area contributed by atoms with Gasteiger partial charge in [-0.1, -0.05) is 6.07 Å². The Labute approximate surface area is 238 Å². The Kier molecular flexibility index (Phi) is 8.09. The Morgan fingerprint density at radius 3 is 2.55 bits per heavy atom. The Bertz CT molecular complexity index is 1750. The maximum Gasteiger partial charge on any atom is 0.420 e. The molecular weight excluding hydrogens is 547 g/mol. The zero-order valence-electron chi connectivity index (χ0n) is 22.1. The highest BCUT2D eigenvalue weighted by atomic mass is 19.4. The number of amides is 1. The molecule has 0 aliphatic rings. The number of nitrogens with one attached hydrogen (secondary N) is 1. The number of halogens is 3. The number of nitrogens with two attached hydrogens (primary N) is 1. The van der Waals surface area contributed by atoms with Crippen LogP contribution in [0.2, 0.25) is 0 Å². The van der Waals surface area contributed by atoms with Gasteiger partial charge in [0.1, 0.15) is 17.2 Å². The van der Waals surface area contributed by atoms with Gasteiger partial charge in [0.25, 0.3) is 5.91 Å². The summed E-state index contributed by atoms with van der Waals surface area (Å²) < 4.78 is 47.6. The van der Waals surface area contributed by atoms with Crippen LogP contribution in [0.3, 0.4) is 0 Å². The predicted octanol–water partition coefficient (Wildman–Crippen LogP) is 6.03. The summed E-state index contributed by atoms with van der Waals surface area (Å²) in [4.78, 5) is 37.0. The van der Waals surface area contributed by atoms with Crippen LogP contribution in [0.25, 0.3) is 28.3 Å². The topological polar surface area (TPSA) is 124 Å². The van der Waals surface area contributed by atoms with Crippen LogP contribution < -0.4 is 11.1 Å². The summed E-state index contributed by atoms with van der Waals surface area (Å²) >= 11 is 0. The van der Waals surface area contributed by atoms with Gasteiger partial charge in [-0.25, -0.2) is 4.98 Å². The maximum atomic E-state index is 14.0. The van der Waals surface area contributed by atoms with Gasteiger partial charge in [-0.3, -0.25) is 19.6 Å². The second-order valence-corrected chi connectivity index (χ2v) is 9.44. The number of allylic oxidation sites excluding steroid dienone is 1. The number of nitrogen functional groups attached to an aromatic ring is 1. The third-order valence-corrected chi connectivity index (χ3v) is 6.36. The van der Waals surface area contributed by atoms with E-state index in [1.165, 1.54) is 42.7 Å². The second kappa shape index (κ2) is 12.0. The second-order valence-electron chi connectivity index (χ2n) is 9.44. The van der Waals surface area contributed by atoms with Gasteiger partial charge in [-0.05, 0) is 71.8 Å². The Balaban J connectivity index is 1.31. The van der Waals surface area contributed by atoms with E-state index in [9.17, 15) is 22.8 Å². The van der Waals surface area contributed by atoms with E-state index in [0.717, 1.165) is 11.6 Å². The third kappa shape index (κ3) is 6.87. The van der Waals surface area contributed by atoms with E-state index < -0.39 is 11.7 Å². The van der Waals surface area contributed by atoms with Crippen molar-refractivity contribution in [3.8, 4) is 11.3 Å². The van der Waals surface area contributed by atoms with Crippen LogP contribution in [0.1, 0.15) is 39.2 Å². The van der Waals surface area contributed by atoms with E-state index in [0.29, 0.717) is 11.4 Å². The summed E-state index contributed by atoms with van der Waals surface area (Å²) in [6.45, 7) is 0.269. The van der Waals surface area contributed by atoms with Crippen LogP contribution in [-0.4, -0.2) is 26.6 Å². The molecule has 0 saturated heterocycles. The molecule has 0 spiro atoms. The highest BCUT2D eigenvalue weighted by molar-refractivity contribution is 5.95. The molecule has 5 rings (SSSR count). The summed E-state index contributed by atoms with van der Waals surface area (Å²) in [6, 6.07) is 13.9. The number of aromatic nitrogens is 3. The molecule has 0 aliphatic carbocycles. The monoisotopic (exact) mass is 571 g/mol. The van der Waals surface area contributed by atoms with Gasteiger partial charge >= 0.3 is 6.18 Å². The number of alkyl halides is 3. The van der Waals surface area contributed by atoms with Crippen molar-refractivity contribution in [2.45, 2.75) is 25.6 Å². The fourth-order valence-corrected chi connectivity index (χ4v) is 4.21. The number of carbonyl (C=O) groups excluding carboxylic acids is 2. The first-order valence-corrected chi connectivity index (χ1v) is 12.9. The summed E-state index contributed by atoms with van der Waals surface area (Å²) in [6.07, 6.45) is 4.52. The first-order chi connectivity index (χ1) is 20.2. The number of hydrogen-bond acceptors (Lipinski definition) is 7. The Morgan fingerprint density at radius 2 is 1.86 bits per heavy atom. The van der Waals surface area contributed by atoms with Gasteiger partial charge in [0, 0.05) is 55.1 Å². The van der Waals surface area contributed by atoms with Crippen molar-refractivity contribution in [1.29, 1.82) is 0 Å². The molecule has 1 amide bonds. The number of furan rings is 1. The highest BCUT2D eigenvalue weighted by Gasteiger charge is 2.35. The minimum absolute atomic E-state index is 0.0405. The molecule has 0 radical (unpaired) electrons. The molecule has 0 unspecified atom stereocenters. The highest BCUT2D eigenvalue weighted by Crippen LogP contribution is 2.39. The van der Waals surface area contributed by atoms with E-state index in [1.54, 1.807) is 36.7 Å². The Hall–Kier alpha value is -5.32. The molecule has 212 valence electrons. The molecule has 0 bridgehead atoms. The van der Waals surface area contributed by atoms with E-state index in [1.807, 2.05) is 6.07 Å². The molecule has 1 aromatic carbocycles. The van der Waals surface area contributed by atoms with Gasteiger partial charge in [0.15, 0.2) is 5.78 Å². The number of rotatable bonds is 9. The molecular formula is C31H24F3N5O3. The van der Waals surface area contributed by atoms with Crippen molar-refractivity contribution < 1.29 is 27.2 Å². The lowest BCUT2D eigenvalue weighted by Gasteiger charge is -2.10. The standard InChI is InChI=1S/C31H24F3N5O3/c32-31(33,34)26-14-22(27-9-5-21(18-37-27)30(41)39-17-20-2-1-11-36-15-20)12-23-13-25(42-29(23)26)8-7-24(40)6-3-19-4-10-28(35)38-16-19/h1-6,9-16,18H,7-8,17H2,(H2,35,38)(H,39,41)/b6-3+. The quantitative estimate of drug-likeness (QED) is 0.207. The van der Waals surface area contributed by atoms with Crippen LogP contribution in [0.4, 0.5) is 19.0 Å². The lowest BCUT2D eigenvalue weighted by molar-refractivity contribution is -0.136. The van der Waals surface area contributed by atoms with Gasteiger partial charge in [-0.2, -0.15) is 13.2 Å². The number of anilines is 1. The van der Waals surface area contributed by atoms with E-state index >= 15 is 0 Å². The lowest BCUT2D eigenvalue weighted by atomic mass is 10.0. The molecule has 5 aromatic rings. The van der Waals surface area contributed by atoms with Crippen molar-refractivity contribution in [2.24, 2.45) is 0 Å². The van der Waals surface area contributed by atoms with E-state index in [-0.39, 0.29) is 64.6 Å². The Morgan fingerprint density at radius 1 is 1.00 bits per heavy atom. The SMILES string of the molecule is Nc1ccc(/C=C/C(=O)CCc2cc3cc(-c4ccc(C(=O)NCc5cccnc5)cn4)cc(C(F)(F)F)c3o2)cn1. The molecule has 8 nitrogen and oxygen atoms in total. The molecule has 0 fully saturated rings. The summed E-state index contributed by atoms with van der Waals surface area (Å²) in [5, 5.41) is 2.98. The van der Waals surface area contributed by atoms with Crippen LogP contribution in [0.5, 0.6) is 0 Å². The lowest BCUT2D eigenvalue weighted by Crippen LogP contribution is -2.22. The van der Waals surface area contributed by atoms with Gasteiger partial charge in [0.05, 0.1) is 16.8 Å². The number of benzene rings is 1. The third-order valence-electron chi connectivity index (χ3n) is 6.36. The first-order valence-electron chi connectivity index (χ1n) is 12.9. The number of carbonyl (C=O) groups is 2. The molecule has 0 aliphatic heterocycles. The van der Waals surface area contributed by atoms with Gasteiger partial charge < -0.3 is 15.5 Å². The van der Waals surface area contributed by atoms with Crippen molar-refractivity contribution in [3.05, 3.63) is 113 Å². The van der Waals surface area contributed by atoms with Crippen LogP contribution in [0, 0.1) is 0 Å². The number of pyridine rings is 3. The van der Waals surface area contributed by atoms with E-state index in [4.69, 9.17) is 10.2 Å². The maximum absolute atomic E-state index is 14.0. The molecule has 4 heterocycles. The fourth-order valence-electron chi connectivity index (χ4n) is 4.21. The zero-order valence-corrected chi connectivity index (χ0v) is 22.1. The van der Waals surface area contributed by atoms with Crippen molar-refractivity contribution in [3.63, 3.8) is 0 Å². The summed E-state index contributed by atoms with van der Waals surface area (Å²) in [5.41, 5.74) is 6.51. The number of nitrogens with zero attached hydrogens (tertiary/aromatic N) is 3. The fraction of sp³-hybridized carbons (Fsp3) is 0.129. The average Bonchev–Trinajstić information content (AvgIpc) is 3.41. The number of ketones is 1. The smallest absolute Gasteiger partial charge is 0.420 e. The van der Waals surface area contributed by atoms with Gasteiger partial charge in [0.2, 0.25) is 0 Å². The predicted molar refractivity (Wildman–Crippen MR) is 151 cm³/mol. The molecule has 42 heavy (non-hydrogen) atoms. The van der Waals surface area contributed by atoms with E-state index in [2.05, 4.69) is 20.3 Å². The molecule has 0 atom stereocenters. The number of fused-ring (bicyclic) bond motifs is 1. The minimum atomic E-state index is -4.69. The van der Waals surface area contributed by atoms with Crippen LogP contribution in [-0.2, 0) is 23.9 Å². The summed E-state index contributed by atoms with van der Waals surface area (Å²) in [5.74, 6) is 0.00542. The normalized spacial score (nSPS) is 11.7. The molecule has 11 heteroatoms. The van der Waals surface area contributed by atoms with Gasteiger partial charge in [-0.15, -0.1) is 0 Å². The molecule has 4 aromatic heterocycles. The van der Waals surface area contributed by atoms with Crippen LogP contribution >= 0.6 is 0 Å². The molecule has 0 saturated carbocycles. The average molecular weight is 572 g/mol. The molecule has 3 N–H and O–H groups in total. The summed E-state index contributed by atoms with van der Waals surface area (Å²) in [7, 11) is 0. The first kappa shape index (κ1) is 28.2. The zero-order chi connectivity index (χ0) is 29.7. The van der Waals surface area contributed by atoms with Crippen molar-refractivity contribution in [2.75, 3.05) is 5.73 Å². The number of hydrogen-bond donors (Lipinski definition) is 2. The van der Waals surface area contributed by atoms with Crippen molar-refractivity contribution in [1.82, 2.24) is 20.3 Å². The number of aryl methyl sites for hydroxylation is 1.